The number of piperidine rings is 1. The highest BCUT2D eigenvalue weighted by Gasteiger charge is 2.30. The average Bonchev–Trinajstić information content (AvgIpc) is 2.20. The zero-order chi connectivity index (χ0) is 12.3. The summed E-state index contributed by atoms with van der Waals surface area (Å²) in [7, 11) is 0. The predicted molar refractivity (Wildman–Crippen MR) is 58.2 cm³/mol. The van der Waals surface area contributed by atoms with Crippen molar-refractivity contribution in [2.75, 3.05) is 13.1 Å². The minimum absolute atomic E-state index is 0.152. The first kappa shape index (κ1) is 12.9. The number of carbonyl (C=O) groups is 2. The Balaban J connectivity index is 2.51. The first-order valence-corrected chi connectivity index (χ1v) is 5.42. The van der Waals surface area contributed by atoms with E-state index in [1.807, 2.05) is 6.92 Å². The van der Waals surface area contributed by atoms with Gasteiger partial charge in [0.25, 0.3) is 0 Å². The van der Waals surface area contributed by atoms with Crippen LogP contribution in [0.3, 0.4) is 0 Å². The van der Waals surface area contributed by atoms with Crippen molar-refractivity contribution < 1.29 is 14.7 Å². The van der Waals surface area contributed by atoms with Crippen LogP contribution in [0.25, 0.3) is 0 Å². The summed E-state index contributed by atoms with van der Waals surface area (Å²) in [5.74, 6) is -0.715. The van der Waals surface area contributed by atoms with Gasteiger partial charge in [0.15, 0.2) is 0 Å². The number of amides is 2. The lowest BCUT2D eigenvalue weighted by atomic mass is 9.95. The zero-order valence-corrected chi connectivity index (χ0v) is 9.43. The molecule has 0 saturated carbocycles. The molecule has 5 N–H and O–H groups in total. The summed E-state index contributed by atoms with van der Waals surface area (Å²) in [5.41, 5.74) is 10.5. The summed E-state index contributed by atoms with van der Waals surface area (Å²) >= 11 is 0. The van der Waals surface area contributed by atoms with Gasteiger partial charge in [-0.05, 0) is 12.3 Å². The number of carbonyl (C=O) groups excluding carboxylic acids is 2. The van der Waals surface area contributed by atoms with E-state index in [4.69, 9.17) is 11.5 Å². The van der Waals surface area contributed by atoms with E-state index in [0.29, 0.717) is 6.54 Å². The molecule has 1 rings (SSSR count). The molecule has 1 saturated heterocycles. The molecule has 0 radical (unpaired) electrons. The van der Waals surface area contributed by atoms with Crippen LogP contribution < -0.4 is 11.5 Å². The smallest absolute Gasteiger partial charge is 0.240 e. The largest absolute Gasteiger partial charge is 0.391 e. The number of hydrogen-bond acceptors (Lipinski definition) is 4. The molecule has 2 amide bonds. The Morgan fingerprint density at radius 1 is 1.56 bits per heavy atom. The van der Waals surface area contributed by atoms with Crippen molar-refractivity contribution in [3.63, 3.8) is 0 Å². The van der Waals surface area contributed by atoms with Gasteiger partial charge in [-0.15, -0.1) is 0 Å². The van der Waals surface area contributed by atoms with Gasteiger partial charge in [-0.25, -0.2) is 0 Å². The number of likely N-dealkylation sites (tertiary alicyclic amines) is 1. The second kappa shape index (κ2) is 5.27. The van der Waals surface area contributed by atoms with E-state index in [9.17, 15) is 14.7 Å². The van der Waals surface area contributed by atoms with Gasteiger partial charge in [0.1, 0.15) is 0 Å². The van der Waals surface area contributed by atoms with Crippen molar-refractivity contribution in [3.8, 4) is 0 Å². The Kier molecular flexibility index (Phi) is 4.26. The number of rotatable bonds is 3. The molecule has 1 aliphatic rings. The summed E-state index contributed by atoms with van der Waals surface area (Å²) in [6.45, 7) is 2.80. The van der Waals surface area contributed by atoms with Gasteiger partial charge in [0, 0.05) is 13.1 Å². The fourth-order valence-electron chi connectivity index (χ4n) is 1.79. The van der Waals surface area contributed by atoms with Crippen molar-refractivity contribution in [1.29, 1.82) is 0 Å². The number of aliphatic hydroxyl groups excluding tert-OH is 1. The third-order valence-electron chi connectivity index (χ3n) is 2.97. The Bertz CT molecular complexity index is 282. The first-order chi connectivity index (χ1) is 7.41. The van der Waals surface area contributed by atoms with E-state index in [1.165, 1.54) is 4.90 Å². The standard InChI is InChI=1S/C10H19N3O3/c1-6-2-3-13(5-8(6)14)10(16)7(11)4-9(12)15/h6-8,14H,2-5,11H2,1H3,(H2,12,15). The minimum Gasteiger partial charge on any atom is -0.391 e. The van der Waals surface area contributed by atoms with Gasteiger partial charge in [-0.1, -0.05) is 6.92 Å². The van der Waals surface area contributed by atoms with Gasteiger partial charge in [-0.3, -0.25) is 9.59 Å². The highest BCUT2D eigenvalue weighted by molar-refractivity contribution is 5.87. The van der Waals surface area contributed by atoms with E-state index in [-0.39, 0.29) is 24.8 Å². The van der Waals surface area contributed by atoms with Gasteiger partial charge in [-0.2, -0.15) is 0 Å². The molecular weight excluding hydrogens is 210 g/mol. The molecule has 1 fully saturated rings. The van der Waals surface area contributed by atoms with E-state index in [1.54, 1.807) is 0 Å². The molecular formula is C10H19N3O3. The zero-order valence-electron chi connectivity index (χ0n) is 9.43. The Labute approximate surface area is 94.6 Å². The Hall–Kier alpha value is -1.14. The van der Waals surface area contributed by atoms with Crippen molar-refractivity contribution in [3.05, 3.63) is 0 Å². The number of primary amides is 1. The molecule has 1 heterocycles. The van der Waals surface area contributed by atoms with Gasteiger partial charge < -0.3 is 21.5 Å². The van der Waals surface area contributed by atoms with Crippen LogP contribution in [-0.2, 0) is 9.59 Å². The van der Waals surface area contributed by atoms with Crippen LogP contribution in [0.1, 0.15) is 19.8 Å². The summed E-state index contributed by atoms with van der Waals surface area (Å²) in [6.07, 6.45) is 0.0791. The van der Waals surface area contributed by atoms with Crippen LogP contribution in [-0.4, -0.2) is 47.1 Å². The molecule has 1 aliphatic heterocycles. The number of nitrogens with two attached hydrogens (primary N) is 2. The van der Waals surface area contributed by atoms with Gasteiger partial charge in [0.2, 0.25) is 11.8 Å². The van der Waals surface area contributed by atoms with Crippen LogP contribution in [0.2, 0.25) is 0 Å². The molecule has 92 valence electrons. The highest BCUT2D eigenvalue weighted by atomic mass is 16.3. The maximum absolute atomic E-state index is 11.8. The van der Waals surface area contributed by atoms with Gasteiger partial charge in [0.05, 0.1) is 18.6 Å². The van der Waals surface area contributed by atoms with E-state index in [2.05, 4.69) is 0 Å². The van der Waals surface area contributed by atoms with Crippen LogP contribution in [0.4, 0.5) is 0 Å². The maximum atomic E-state index is 11.8. The molecule has 0 aliphatic carbocycles. The minimum atomic E-state index is -0.891. The summed E-state index contributed by atoms with van der Waals surface area (Å²) < 4.78 is 0. The van der Waals surface area contributed by atoms with Gasteiger partial charge >= 0.3 is 0 Å². The monoisotopic (exact) mass is 229 g/mol. The molecule has 3 atom stereocenters. The fraction of sp³-hybridized carbons (Fsp3) is 0.800. The van der Waals surface area contributed by atoms with E-state index >= 15 is 0 Å². The van der Waals surface area contributed by atoms with Crippen LogP contribution in [0, 0.1) is 5.92 Å². The molecule has 0 spiro atoms. The fourth-order valence-corrected chi connectivity index (χ4v) is 1.79. The molecule has 6 nitrogen and oxygen atoms in total. The molecule has 3 unspecified atom stereocenters. The van der Waals surface area contributed by atoms with Crippen LogP contribution in [0.15, 0.2) is 0 Å². The Morgan fingerprint density at radius 2 is 2.19 bits per heavy atom. The molecule has 0 aromatic carbocycles. The SMILES string of the molecule is CC1CCN(C(=O)C(N)CC(N)=O)CC1O. The molecule has 0 aromatic heterocycles. The number of aliphatic hydroxyl groups is 1. The average molecular weight is 229 g/mol. The third-order valence-corrected chi connectivity index (χ3v) is 2.97. The van der Waals surface area contributed by atoms with Crippen LogP contribution in [0.5, 0.6) is 0 Å². The second-order valence-electron chi connectivity index (χ2n) is 4.39. The number of nitrogens with zero attached hydrogens (tertiary/aromatic N) is 1. The van der Waals surface area contributed by atoms with E-state index in [0.717, 1.165) is 6.42 Å². The highest BCUT2D eigenvalue weighted by Crippen LogP contribution is 2.17. The Morgan fingerprint density at radius 3 is 2.69 bits per heavy atom. The first-order valence-electron chi connectivity index (χ1n) is 5.42. The number of β-amino-alcohol motifs (C(OH)–C–C–N with tert-alkyl or cyclic N) is 1. The predicted octanol–water partition coefficient (Wildman–Crippen LogP) is -1.58. The number of hydrogen-bond donors (Lipinski definition) is 3. The van der Waals surface area contributed by atoms with Crippen molar-refractivity contribution >= 4 is 11.8 Å². The topological polar surface area (TPSA) is 110 Å². The molecule has 6 heteroatoms. The normalized spacial score (nSPS) is 27.6. The summed E-state index contributed by atoms with van der Waals surface area (Å²) in [6, 6.07) is -0.891. The second-order valence-corrected chi connectivity index (χ2v) is 4.39. The summed E-state index contributed by atoms with van der Waals surface area (Å²) in [4.78, 5) is 23.9. The maximum Gasteiger partial charge on any atom is 0.240 e. The van der Waals surface area contributed by atoms with Crippen molar-refractivity contribution in [2.45, 2.75) is 31.9 Å². The quantitative estimate of drug-likeness (QED) is 0.542. The van der Waals surface area contributed by atoms with Crippen molar-refractivity contribution in [2.24, 2.45) is 17.4 Å². The van der Waals surface area contributed by atoms with Crippen molar-refractivity contribution in [1.82, 2.24) is 4.90 Å². The lowest BCUT2D eigenvalue weighted by Crippen LogP contribution is -2.52. The molecule has 0 bridgehead atoms. The van der Waals surface area contributed by atoms with Crippen LogP contribution >= 0.6 is 0 Å². The lowest BCUT2D eigenvalue weighted by molar-refractivity contribution is -0.138. The molecule has 16 heavy (non-hydrogen) atoms. The lowest BCUT2D eigenvalue weighted by Gasteiger charge is -2.35. The third kappa shape index (κ3) is 3.18. The summed E-state index contributed by atoms with van der Waals surface area (Å²) in [5, 5.41) is 9.63. The molecule has 0 aromatic rings. The van der Waals surface area contributed by atoms with E-state index < -0.39 is 18.1 Å².